The van der Waals surface area contributed by atoms with Crippen molar-refractivity contribution in [1.29, 1.82) is 0 Å². The molecule has 7 nitrogen and oxygen atoms in total. The first kappa shape index (κ1) is 19.2. The van der Waals surface area contributed by atoms with Crippen LogP contribution in [0.5, 0.6) is 0 Å². The average molecular weight is 416 g/mol. The highest BCUT2D eigenvalue weighted by Gasteiger charge is 2.33. The van der Waals surface area contributed by atoms with Crippen LogP contribution in [0, 0.1) is 5.92 Å². The fourth-order valence-electron chi connectivity index (χ4n) is 4.62. The first-order valence-electron chi connectivity index (χ1n) is 10.8. The number of carbonyl (C=O) groups is 2. The van der Waals surface area contributed by atoms with Crippen LogP contribution in [0.15, 0.2) is 12.3 Å². The molecular formula is C21H29N5O2S. The molecule has 2 saturated heterocycles. The van der Waals surface area contributed by atoms with Crippen LogP contribution in [0.1, 0.15) is 36.0 Å². The largest absolute Gasteiger partial charge is 0.359 e. The Hall–Kier alpha value is -1.80. The van der Waals surface area contributed by atoms with Gasteiger partial charge >= 0.3 is 0 Å². The molecule has 1 aromatic heterocycles. The molecule has 3 fully saturated rings. The zero-order valence-corrected chi connectivity index (χ0v) is 17.6. The molecule has 4 heterocycles. The second kappa shape index (κ2) is 8.14. The lowest BCUT2D eigenvalue weighted by atomic mass is 10.0. The molecule has 2 amide bonds. The van der Waals surface area contributed by atoms with Crippen LogP contribution >= 0.6 is 11.8 Å². The highest BCUT2D eigenvalue weighted by atomic mass is 32.2. The van der Waals surface area contributed by atoms with Crippen molar-refractivity contribution < 1.29 is 9.59 Å². The van der Waals surface area contributed by atoms with Gasteiger partial charge in [-0.2, -0.15) is 11.8 Å². The summed E-state index contributed by atoms with van der Waals surface area (Å²) in [5.41, 5.74) is 1.36. The summed E-state index contributed by atoms with van der Waals surface area (Å²) in [7, 11) is 0. The van der Waals surface area contributed by atoms with Crippen molar-refractivity contribution in [2.45, 2.75) is 31.7 Å². The lowest BCUT2D eigenvalue weighted by molar-refractivity contribution is -0.117. The van der Waals surface area contributed by atoms with Gasteiger partial charge in [0.2, 0.25) is 5.91 Å². The Labute approximate surface area is 176 Å². The quantitative estimate of drug-likeness (QED) is 0.810. The highest BCUT2D eigenvalue weighted by molar-refractivity contribution is 7.99. The monoisotopic (exact) mass is 415 g/mol. The van der Waals surface area contributed by atoms with Gasteiger partial charge in [0.05, 0.1) is 17.8 Å². The second-order valence-corrected chi connectivity index (χ2v) is 9.79. The average Bonchev–Trinajstić information content (AvgIpc) is 3.60. The lowest BCUT2D eigenvalue weighted by Crippen LogP contribution is -2.49. The molecule has 4 aliphatic rings. The number of thioether (sulfide) groups is 1. The Morgan fingerprint density at radius 1 is 1.14 bits per heavy atom. The summed E-state index contributed by atoms with van der Waals surface area (Å²) in [6.45, 7) is 4.97. The Morgan fingerprint density at radius 2 is 1.90 bits per heavy atom. The maximum absolute atomic E-state index is 13.1. The minimum absolute atomic E-state index is 0.0392. The summed E-state index contributed by atoms with van der Waals surface area (Å²) < 4.78 is 0. The predicted molar refractivity (Wildman–Crippen MR) is 116 cm³/mol. The van der Waals surface area contributed by atoms with Gasteiger partial charge in [-0.1, -0.05) is 0 Å². The number of nitrogens with zero attached hydrogens (tertiary/aromatic N) is 4. The molecule has 0 spiro atoms. The first-order chi connectivity index (χ1) is 14.2. The molecule has 0 aromatic carbocycles. The van der Waals surface area contributed by atoms with E-state index in [2.05, 4.69) is 15.2 Å². The Kier molecular flexibility index (Phi) is 5.39. The molecule has 1 aromatic rings. The van der Waals surface area contributed by atoms with E-state index in [4.69, 9.17) is 0 Å². The minimum atomic E-state index is 0.0392. The maximum atomic E-state index is 13.1. The molecule has 0 atom stereocenters. The molecule has 0 unspecified atom stereocenters. The van der Waals surface area contributed by atoms with E-state index in [9.17, 15) is 9.59 Å². The molecular weight excluding hydrogens is 386 g/mol. The lowest BCUT2D eigenvalue weighted by Gasteiger charge is -2.40. The first-order valence-corrected chi connectivity index (χ1v) is 12.0. The van der Waals surface area contributed by atoms with Crippen molar-refractivity contribution in [3.05, 3.63) is 17.8 Å². The van der Waals surface area contributed by atoms with E-state index in [0.29, 0.717) is 23.3 Å². The van der Waals surface area contributed by atoms with Crippen molar-refractivity contribution >= 4 is 35.1 Å². The van der Waals surface area contributed by atoms with E-state index in [-0.39, 0.29) is 18.4 Å². The number of rotatable bonds is 4. The van der Waals surface area contributed by atoms with Gasteiger partial charge in [-0.3, -0.25) is 14.5 Å². The second-order valence-electron chi connectivity index (χ2n) is 8.56. The van der Waals surface area contributed by atoms with Gasteiger partial charge in [0.1, 0.15) is 5.82 Å². The Bertz CT molecular complexity index is 785. The van der Waals surface area contributed by atoms with Crippen LogP contribution in [0.3, 0.4) is 0 Å². The third kappa shape index (κ3) is 4.10. The number of piperidine rings is 1. The third-order valence-corrected chi connectivity index (χ3v) is 7.51. The van der Waals surface area contributed by atoms with E-state index in [1.165, 1.54) is 37.4 Å². The summed E-state index contributed by atoms with van der Waals surface area (Å²) in [6.07, 6.45) is 6.12. The fourth-order valence-corrected chi connectivity index (χ4v) is 5.55. The van der Waals surface area contributed by atoms with E-state index in [1.807, 2.05) is 27.6 Å². The summed E-state index contributed by atoms with van der Waals surface area (Å²) in [4.78, 5) is 36.4. The highest BCUT2D eigenvalue weighted by Crippen LogP contribution is 2.35. The molecule has 0 bridgehead atoms. The number of anilines is 2. The van der Waals surface area contributed by atoms with Gasteiger partial charge in [-0.05, 0) is 37.7 Å². The summed E-state index contributed by atoms with van der Waals surface area (Å²) in [6, 6.07) is 2.47. The molecule has 8 heteroatoms. The standard InChI is InChI=1S/C21H29N5O2S/c27-19-13-23-20-18(26(19)14-15-1-2-15)11-16(12-22-20)21(28)25-5-3-17(4-6-25)24-7-9-29-10-8-24/h11-12,15,17H,1-10,13-14H2,(H,22,23). The topological polar surface area (TPSA) is 68.8 Å². The van der Waals surface area contributed by atoms with Crippen LogP contribution in [0.2, 0.25) is 0 Å². The van der Waals surface area contributed by atoms with Crippen molar-refractivity contribution in [1.82, 2.24) is 14.8 Å². The molecule has 1 aliphatic carbocycles. The molecule has 1 saturated carbocycles. The number of fused-ring (bicyclic) bond motifs is 1. The molecule has 0 radical (unpaired) electrons. The van der Waals surface area contributed by atoms with Gasteiger partial charge in [0.25, 0.3) is 5.91 Å². The van der Waals surface area contributed by atoms with Gasteiger partial charge < -0.3 is 15.1 Å². The SMILES string of the molecule is O=C(c1cnc2c(c1)N(CC1CC1)C(=O)CN2)N1CCC(N2CCSCC2)CC1. The number of amides is 2. The van der Waals surface area contributed by atoms with E-state index < -0.39 is 0 Å². The van der Waals surface area contributed by atoms with Crippen LogP contribution in [0.25, 0.3) is 0 Å². The zero-order chi connectivity index (χ0) is 19.8. The third-order valence-electron chi connectivity index (χ3n) is 6.56. The number of aromatic nitrogens is 1. The number of hydrogen-bond donors (Lipinski definition) is 1. The van der Waals surface area contributed by atoms with Gasteiger partial charge in [0, 0.05) is 56.5 Å². The van der Waals surface area contributed by atoms with E-state index >= 15 is 0 Å². The van der Waals surface area contributed by atoms with Crippen molar-refractivity contribution in [2.24, 2.45) is 5.92 Å². The molecule has 1 N–H and O–H groups in total. The van der Waals surface area contributed by atoms with Crippen LogP contribution in [-0.2, 0) is 4.79 Å². The number of carbonyl (C=O) groups excluding carboxylic acids is 2. The summed E-state index contributed by atoms with van der Waals surface area (Å²) in [5, 5.41) is 3.09. The zero-order valence-electron chi connectivity index (χ0n) is 16.8. The Morgan fingerprint density at radius 3 is 2.62 bits per heavy atom. The van der Waals surface area contributed by atoms with Crippen molar-refractivity contribution in [3.63, 3.8) is 0 Å². The van der Waals surface area contributed by atoms with Gasteiger partial charge in [-0.25, -0.2) is 4.98 Å². The number of hydrogen-bond acceptors (Lipinski definition) is 6. The normalized spacial score (nSPS) is 23.7. The number of nitrogens with one attached hydrogen (secondary N) is 1. The number of pyridine rings is 1. The summed E-state index contributed by atoms with van der Waals surface area (Å²) >= 11 is 2.04. The van der Waals surface area contributed by atoms with E-state index in [1.54, 1.807) is 6.20 Å². The van der Waals surface area contributed by atoms with Crippen molar-refractivity contribution in [3.8, 4) is 0 Å². The Balaban J connectivity index is 1.27. The molecule has 5 rings (SSSR count). The van der Waals surface area contributed by atoms with Crippen LogP contribution in [-0.4, -0.2) is 83.4 Å². The molecule has 156 valence electrons. The fraction of sp³-hybridized carbons (Fsp3) is 0.667. The molecule has 3 aliphatic heterocycles. The van der Waals surface area contributed by atoms with Crippen LogP contribution in [0.4, 0.5) is 11.5 Å². The molecule has 29 heavy (non-hydrogen) atoms. The summed E-state index contributed by atoms with van der Waals surface area (Å²) in [5.74, 6) is 3.86. The minimum Gasteiger partial charge on any atom is -0.359 e. The smallest absolute Gasteiger partial charge is 0.255 e. The van der Waals surface area contributed by atoms with Crippen LogP contribution < -0.4 is 10.2 Å². The van der Waals surface area contributed by atoms with Crippen molar-refractivity contribution in [2.75, 3.05) is 61.0 Å². The van der Waals surface area contributed by atoms with Gasteiger partial charge in [0.15, 0.2) is 0 Å². The number of likely N-dealkylation sites (tertiary alicyclic amines) is 1. The maximum Gasteiger partial charge on any atom is 0.255 e. The predicted octanol–water partition coefficient (Wildman–Crippen LogP) is 1.90. The van der Waals surface area contributed by atoms with E-state index in [0.717, 1.165) is 38.2 Å². The van der Waals surface area contributed by atoms with Gasteiger partial charge in [-0.15, -0.1) is 0 Å².